The van der Waals surface area contributed by atoms with Crippen LogP contribution in [0.1, 0.15) is 0 Å². The van der Waals surface area contributed by atoms with Crippen molar-refractivity contribution in [1.29, 1.82) is 0 Å². The number of hydrogen-bond acceptors (Lipinski definition) is 1. The van der Waals surface area contributed by atoms with Gasteiger partial charge in [0.2, 0.25) is 0 Å². The lowest BCUT2D eigenvalue weighted by Gasteiger charge is -2.01. The number of halogens is 3. The number of pyridine rings is 1. The second-order valence-electron chi connectivity index (χ2n) is 2.58. The van der Waals surface area contributed by atoms with E-state index in [0.29, 0.717) is 5.39 Å². The lowest BCUT2D eigenvalue weighted by Crippen LogP contribution is -1.88. The molecular weight excluding hydrogens is 287 g/mol. The fourth-order valence-electron chi connectivity index (χ4n) is 1.15. The van der Waals surface area contributed by atoms with Gasteiger partial charge in [-0.1, -0.05) is 6.07 Å². The summed E-state index contributed by atoms with van der Waals surface area (Å²) in [7, 11) is 0. The Balaban J connectivity index is 2.94. The highest BCUT2D eigenvalue weighted by molar-refractivity contribution is 14.1. The van der Waals surface area contributed by atoms with Crippen LogP contribution in [0.2, 0.25) is 0 Å². The summed E-state index contributed by atoms with van der Waals surface area (Å²) in [5.41, 5.74) is 0. The molecule has 0 spiro atoms. The molecule has 0 saturated heterocycles. The summed E-state index contributed by atoms with van der Waals surface area (Å²) in [5, 5.41) is 0.918. The summed E-state index contributed by atoms with van der Waals surface area (Å²) in [6.45, 7) is 0. The van der Waals surface area contributed by atoms with E-state index < -0.39 is 11.6 Å². The first kappa shape index (κ1) is 8.80. The van der Waals surface area contributed by atoms with Crippen LogP contribution in [-0.2, 0) is 0 Å². The zero-order chi connectivity index (χ0) is 9.42. The van der Waals surface area contributed by atoms with Crippen molar-refractivity contribution in [2.75, 3.05) is 0 Å². The summed E-state index contributed by atoms with van der Waals surface area (Å²) in [6.07, 6.45) is 2.94. The Kier molecular flexibility index (Phi) is 2.15. The molecule has 0 amide bonds. The molecule has 0 atom stereocenters. The Morgan fingerprint density at radius 1 is 1.08 bits per heavy atom. The number of aromatic nitrogens is 1. The van der Waals surface area contributed by atoms with Gasteiger partial charge >= 0.3 is 0 Å². The first-order valence-corrected chi connectivity index (χ1v) is 4.65. The Hall–Kier alpha value is -0.780. The molecular formula is C9H4F2IN. The minimum Gasteiger partial charge on any atom is -0.263 e. The molecule has 0 fully saturated rings. The van der Waals surface area contributed by atoms with Crippen LogP contribution in [0.4, 0.5) is 8.78 Å². The highest BCUT2D eigenvalue weighted by atomic mass is 127. The molecule has 1 aromatic carbocycles. The van der Waals surface area contributed by atoms with E-state index in [0.717, 1.165) is 9.64 Å². The van der Waals surface area contributed by atoms with Crippen molar-refractivity contribution in [3.63, 3.8) is 0 Å². The third-order valence-corrected chi connectivity index (χ3v) is 2.64. The van der Waals surface area contributed by atoms with Crippen LogP contribution < -0.4 is 0 Å². The normalized spacial score (nSPS) is 10.7. The van der Waals surface area contributed by atoms with Gasteiger partial charge in [-0.05, 0) is 28.7 Å². The first-order chi connectivity index (χ1) is 6.20. The van der Waals surface area contributed by atoms with Crippen LogP contribution in [0.15, 0.2) is 24.5 Å². The second-order valence-corrected chi connectivity index (χ2v) is 3.74. The molecule has 4 heteroatoms. The molecule has 2 rings (SSSR count). The summed E-state index contributed by atoms with van der Waals surface area (Å²) in [4.78, 5) is 3.80. The van der Waals surface area contributed by atoms with Crippen LogP contribution >= 0.6 is 22.6 Å². The molecule has 0 bridgehead atoms. The van der Waals surface area contributed by atoms with Gasteiger partial charge < -0.3 is 0 Å². The molecule has 13 heavy (non-hydrogen) atoms. The number of rotatable bonds is 0. The van der Waals surface area contributed by atoms with Crippen molar-refractivity contribution in [3.05, 3.63) is 39.7 Å². The predicted octanol–water partition coefficient (Wildman–Crippen LogP) is 3.12. The van der Waals surface area contributed by atoms with E-state index in [2.05, 4.69) is 4.98 Å². The maximum absolute atomic E-state index is 13.2. The maximum Gasteiger partial charge on any atom is 0.168 e. The van der Waals surface area contributed by atoms with E-state index in [1.54, 1.807) is 12.3 Å². The van der Waals surface area contributed by atoms with Crippen molar-refractivity contribution >= 4 is 33.4 Å². The zero-order valence-electron chi connectivity index (χ0n) is 6.39. The van der Waals surface area contributed by atoms with Crippen molar-refractivity contribution in [3.8, 4) is 0 Å². The van der Waals surface area contributed by atoms with Gasteiger partial charge in [-0.25, -0.2) is 8.78 Å². The van der Waals surface area contributed by atoms with Crippen molar-refractivity contribution < 1.29 is 8.78 Å². The quantitative estimate of drug-likeness (QED) is 0.680. The Labute approximate surface area is 86.9 Å². The second kappa shape index (κ2) is 3.17. The van der Waals surface area contributed by atoms with Crippen LogP contribution in [0, 0.1) is 15.2 Å². The topological polar surface area (TPSA) is 12.9 Å². The number of hydrogen-bond donors (Lipinski definition) is 0. The van der Waals surface area contributed by atoms with Crippen molar-refractivity contribution in [1.82, 2.24) is 4.98 Å². The van der Waals surface area contributed by atoms with Crippen LogP contribution in [-0.4, -0.2) is 4.98 Å². The molecule has 2 aromatic rings. The SMILES string of the molecule is Fc1ccc2c(I)cncc2c1F. The maximum atomic E-state index is 13.2. The molecule has 0 N–H and O–H groups in total. The van der Waals surface area contributed by atoms with E-state index in [-0.39, 0.29) is 5.39 Å². The third-order valence-electron chi connectivity index (χ3n) is 1.78. The van der Waals surface area contributed by atoms with Crippen LogP contribution in [0.3, 0.4) is 0 Å². The summed E-state index contributed by atoms with van der Waals surface area (Å²) < 4.78 is 26.7. The summed E-state index contributed by atoms with van der Waals surface area (Å²) in [6, 6.07) is 2.68. The first-order valence-electron chi connectivity index (χ1n) is 3.57. The molecule has 1 heterocycles. The van der Waals surface area contributed by atoms with Gasteiger partial charge in [-0.3, -0.25) is 4.98 Å². The Morgan fingerprint density at radius 3 is 2.62 bits per heavy atom. The van der Waals surface area contributed by atoms with Gasteiger partial charge in [0.25, 0.3) is 0 Å². The molecule has 0 unspecified atom stereocenters. The average molecular weight is 291 g/mol. The van der Waals surface area contributed by atoms with Gasteiger partial charge in [0.1, 0.15) is 0 Å². The summed E-state index contributed by atoms with van der Waals surface area (Å²) >= 11 is 2.03. The van der Waals surface area contributed by atoms with Crippen molar-refractivity contribution in [2.45, 2.75) is 0 Å². The minimum absolute atomic E-state index is 0.229. The van der Waals surface area contributed by atoms with Gasteiger partial charge in [0.15, 0.2) is 11.6 Å². The largest absolute Gasteiger partial charge is 0.263 e. The van der Waals surface area contributed by atoms with E-state index >= 15 is 0 Å². The van der Waals surface area contributed by atoms with Crippen LogP contribution in [0.5, 0.6) is 0 Å². The Morgan fingerprint density at radius 2 is 1.85 bits per heavy atom. The fourth-order valence-corrected chi connectivity index (χ4v) is 1.78. The molecule has 0 radical (unpaired) electrons. The van der Waals surface area contributed by atoms with Gasteiger partial charge in [0.05, 0.1) is 0 Å². The lowest BCUT2D eigenvalue weighted by molar-refractivity contribution is 0.517. The van der Waals surface area contributed by atoms with Gasteiger partial charge in [0, 0.05) is 26.7 Å². The van der Waals surface area contributed by atoms with E-state index in [4.69, 9.17) is 0 Å². The Bertz CT molecular complexity index is 470. The molecule has 1 nitrogen and oxygen atoms in total. The number of benzene rings is 1. The predicted molar refractivity (Wildman–Crippen MR) is 54.4 cm³/mol. The number of nitrogens with zero attached hydrogens (tertiary/aromatic N) is 1. The standard InChI is InChI=1S/C9H4F2IN/c10-7-2-1-5-6(9(7)11)3-13-4-8(5)12/h1-4H. The van der Waals surface area contributed by atoms with E-state index in [1.165, 1.54) is 6.20 Å². The minimum atomic E-state index is -0.837. The van der Waals surface area contributed by atoms with Crippen LogP contribution in [0.25, 0.3) is 10.8 Å². The molecule has 0 aliphatic heterocycles. The summed E-state index contributed by atoms with van der Waals surface area (Å²) in [5.74, 6) is -1.67. The van der Waals surface area contributed by atoms with E-state index in [9.17, 15) is 8.78 Å². The average Bonchev–Trinajstić information content (AvgIpc) is 2.12. The third kappa shape index (κ3) is 1.39. The lowest BCUT2D eigenvalue weighted by atomic mass is 10.2. The molecule has 0 saturated carbocycles. The molecule has 1 aromatic heterocycles. The highest BCUT2D eigenvalue weighted by Gasteiger charge is 2.08. The number of fused-ring (bicyclic) bond motifs is 1. The zero-order valence-corrected chi connectivity index (χ0v) is 8.55. The fraction of sp³-hybridized carbons (Fsp3) is 0. The molecule has 0 aliphatic rings. The van der Waals surface area contributed by atoms with Gasteiger partial charge in [-0.2, -0.15) is 0 Å². The molecule has 66 valence electrons. The monoisotopic (exact) mass is 291 g/mol. The molecule has 0 aliphatic carbocycles. The van der Waals surface area contributed by atoms with Crippen molar-refractivity contribution in [2.24, 2.45) is 0 Å². The smallest absolute Gasteiger partial charge is 0.168 e. The van der Waals surface area contributed by atoms with E-state index in [1.807, 2.05) is 22.6 Å². The highest BCUT2D eigenvalue weighted by Crippen LogP contribution is 2.23. The van der Waals surface area contributed by atoms with Gasteiger partial charge in [-0.15, -0.1) is 0 Å².